The number of benzene rings is 2. The highest BCUT2D eigenvalue weighted by molar-refractivity contribution is 5.97. The van der Waals surface area contributed by atoms with Gasteiger partial charge in [-0.25, -0.2) is 4.79 Å². The lowest BCUT2D eigenvalue weighted by atomic mass is 10.2. The van der Waals surface area contributed by atoms with Crippen LogP contribution in [0.4, 0.5) is 5.69 Å². The second-order valence-electron chi connectivity index (χ2n) is 7.81. The summed E-state index contributed by atoms with van der Waals surface area (Å²) in [7, 11) is 3.34. The van der Waals surface area contributed by atoms with Crippen molar-refractivity contribution in [3.8, 4) is 5.69 Å². The fourth-order valence-electron chi connectivity index (χ4n) is 3.51. The van der Waals surface area contributed by atoms with E-state index in [-0.39, 0.29) is 5.91 Å². The molecule has 166 valence electrons. The number of carbonyl (C=O) groups is 3. The molecule has 0 bridgehead atoms. The van der Waals surface area contributed by atoms with Gasteiger partial charge in [0.2, 0.25) is 0 Å². The highest BCUT2D eigenvalue weighted by Gasteiger charge is 2.19. The zero-order chi connectivity index (χ0) is 23.4. The third kappa shape index (κ3) is 4.88. The summed E-state index contributed by atoms with van der Waals surface area (Å²) in [4.78, 5) is 38.3. The normalized spacial score (nSPS) is 10.5. The quantitative estimate of drug-likeness (QED) is 0.598. The van der Waals surface area contributed by atoms with Gasteiger partial charge in [-0.15, -0.1) is 0 Å². The molecule has 7 nitrogen and oxygen atoms in total. The van der Waals surface area contributed by atoms with E-state index in [1.807, 2.05) is 49.6 Å². The smallest absolute Gasteiger partial charge is 0.340 e. The molecular weight excluding hydrogens is 406 g/mol. The first-order valence-electron chi connectivity index (χ1n) is 10.2. The third-order valence-corrected chi connectivity index (χ3v) is 5.16. The Morgan fingerprint density at radius 3 is 2.25 bits per heavy atom. The average Bonchev–Trinajstić information content (AvgIpc) is 3.06. The van der Waals surface area contributed by atoms with Gasteiger partial charge in [0.05, 0.1) is 5.56 Å². The molecule has 0 unspecified atom stereocenters. The molecule has 3 rings (SSSR count). The molecule has 2 aromatic carbocycles. The number of aryl methyl sites for hydroxylation is 2. The summed E-state index contributed by atoms with van der Waals surface area (Å²) in [5.74, 6) is -1.14. The van der Waals surface area contributed by atoms with Crippen LogP contribution in [0, 0.1) is 20.8 Å². The Hall–Kier alpha value is -3.87. The first kappa shape index (κ1) is 22.8. The lowest BCUT2D eigenvalue weighted by molar-refractivity contribution is -0.119. The Morgan fingerprint density at radius 2 is 1.62 bits per heavy atom. The number of aromatic nitrogens is 1. The van der Waals surface area contributed by atoms with Gasteiger partial charge in [0.25, 0.3) is 11.8 Å². The molecule has 32 heavy (non-hydrogen) atoms. The van der Waals surface area contributed by atoms with Gasteiger partial charge in [-0.3, -0.25) is 9.59 Å². The van der Waals surface area contributed by atoms with E-state index in [9.17, 15) is 14.4 Å². The Bertz CT molecular complexity index is 1160. The van der Waals surface area contributed by atoms with E-state index >= 15 is 0 Å². The number of carbonyl (C=O) groups excluding carboxylic acids is 3. The maximum atomic E-state index is 12.6. The van der Waals surface area contributed by atoms with Gasteiger partial charge in [0.1, 0.15) is 0 Å². The predicted molar refractivity (Wildman–Crippen MR) is 123 cm³/mol. The van der Waals surface area contributed by atoms with Gasteiger partial charge in [-0.1, -0.05) is 18.2 Å². The summed E-state index contributed by atoms with van der Waals surface area (Å²) in [5.41, 5.74) is 5.19. The average molecular weight is 434 g/mol. The molecule has 0 aliphatic rings. The van der Waals surface area contributed by atoms with Crippen LogP contribution < -0.4 is 5.32 Å². The minimum Gasteiger partial charge on any atom is -0.452 e. The van der Waals surface area contributed by atoms with Crippen LogP contribution in [0.1, 0.15) is 37.7 Å². The first-order valence-corrected chi connectivity index (χ1v) is 10.2. The van der Waals surface area contributed by atoms with E-state index in [0.29, 0.717) is 16.8 Å². The van der Waals surface area contributed by atoms with Crippen molar-refractivity contribution in [2.24, 2.45) is 0 Å². The van der Waals surface area contributed by atoms with Crippen molar-refractivity contribution >= 4 is 23.5 Å². The van der Waals surface area contributed by atoms with Gasteiger partial charge in [-0.05, 0) is 62.7 Å². The molecule has 1 aromatic heterocycles. The number of anilines is 1. The maximum Gasteiger partial charge on any atom is 0.340 e. The van der Waals surface area contributed by atoms with E-state index in [2.05, 4.69) is 5.32 Å². The van der Waals surface area contributed by atoms with Crippen LogP contribution in [0.3, 0.4) is 0 Å². The molecule has 1 N–H and O–H groups in total. The molecule has 0 atom stereocenters. The van der Waals surface area contributed by atoms with Crippen LogP contribution in [-0.4, -0.2) is 48.0 Å². The van der Waals surface area contributed by atoms with Crippen molar-refractivity contribution < 1.29 is 19.1 Å². The van der Waals surface area contributed by atoms with Crippen molar-refractivity contribution in [2.45, 2.75) is 20.8 Å². The van der Waals surface area contributed by atoms with E-state index in [4.69, 9.17) is 4.74 Å². The van der Waals surface area contributed by atoms with Gasteiger partial charge in [-0.2, -0.15) is 0 Å². The number of esters is 1. The van der Waals surface area contributed by atoms with Gasteiger partial charge < -0.3 is 19.5 Å². The van der Waals surface area contributed by atoms with Crippen molar-refractivity contribution in [3.05, 3.63) is 82.7 Å². The zero-order valence-corrected chi connectivity index (χ0v) is 18.9. The maximum absolute atomic E-state index is 12.6. The third-order valence-electron chi connectivity index (χ3n) is 5.16. The molecule has 3 aromatic rings. The van der Waals surface area contributed by atoms with Gasteiger partial charge >= 0.3 is 5.97 Å². The molecule has 1 heterocycles. The topological polar surface area (TPSA) is 80.6 Å². The monoisotopic (exact) mass is 433 g/mol. The lowest BCUT2D eigenvalue weighted by Crippen LogP contribution is -2.22. The fraction of sp³-hybridized carbons (Fsp3) is 0.240. The number of nitrogens with zero attached hydrogens (tertiary/aromatic N) is 2. The number of hydrogen-bond donors (Lipinski definition) is 1. The number of nitrogens with one attached hydrogen (secondary N) is 1. The summed E-state index contributed by atoms with van der Waals surface area (Å²) in [6, 6.07) is 16.2. The van der Waals surface area contributed by atoms with E-state index in [1.54, 1.807) is 44.4 Å². The van der Waals surface area contributed by atoms with Gasteiger partial charge in [0.15, 0.2) is 6.61 Å². The molecule has 2 amide bonds. The van der Waals surface area contributed by atoms with Crippen LogP contribution in [0.15, 0.2) is 54.6 Å². The summed E-state index contributed by atoms with van der Waals surface area (Å²) >= 11 is 0. The number of ether oxygens (including phenoxy) is 1. The second-order valence-corrected chi connectivity index (χ2v) is 7.81. The summed E-state index contributed by atoms with van der Waals surface area (Å²) < 4.78 is 7.25. The Morgan fingerprint density at radius 1 is 0.969 bits per heavy atom. The van der Waals surface area contributed by atoms with Crippen molar-refractivity contribution in [2.75, 3.05) is 26.0 Å². The fourth-order valence-corrected chi connectivity index (χ4v) is 3.51. The van der Waals surface area contributed by atoms with Crippen LogP contribution in [0.5, 0.6) is 0 Å². The van der Waals surface area contributed by atoms with Crippen molar-refractivity contribution in [3.63, 3.8) is 0 Å². The predicted octanol–water partition coefficient (Wildman–Crippen LogP) is 3.90. The summed E-state index contributed by atoms with van der Waals surface area (Å²) in [6.07, 6.45) is 0. The largest absolute Gasteiger partial charge is 0.452 e. The van der Waals surface area contributed by atoms with E-state index in [0.717, 1.165) is 22.6 Å². The molecule has 0 aliphatic heterocycles. The standard InChI is InChI=1S/C25H27N3O4/c1-16-8-6-7-9-22(16)28-17(2)14-21(18(28)3)25(31)32-15-23(29)26-20-12-10-19(11-13-20)24(30)27(4)5/h6-14H,15H2,1-5H3,(H,26,29). The molecular formula is C25H27N3O4. The summed E-state index contributed by atoms with van der Waals surface area (Å²) in [6.45, 7) is 5.38. The van der Waals surface area contributed by atoms with E-state index < -0.39 is 18.5 Å². The van der Waals surface area contributed by atoms with Crippen LogP contribution >= 0.6 is 0 Å². The number of para-hydroxylation sites is 1. The molecule has 0 spiro atoms. The Labute approximate surface area is 187 Å². The molecule has 0 radical (unpaired) electrons. The minimum absolute atomic E-state index is 0.125. The minimum atomic E-state index is -0.556. The van der Waals surface area contributed by atoms with Crippen molar-refractivity contribution in [1.29, 1.82) is 0 Å². The number of hydrogen-bond acceptors (Lipinski definition) is 4. The molecule has 0 aliphatic carbocycles. The van der Waals surface area contributed by atoms with Crippen molar-refractivity contribution in [1.82, 2.24) is 9.47 Å². The Balaban J connectivity index is 1.64. The number of rotatable bonds is 6. The van der Waals surface area contributed by atoms with Crippen LogP contribution in [0.25, 0.3) is 5.69 Å². The highest BCUT2D eigenvalue weighted by Crippen LogP contribution is 2.23. The molecule has 0 saturated carbocycles. The second kappa shape index (κ2) is 9.51. The first-order chi connectivity index (χ1) is 15.2. The number of amides is 2. The zero-order valence-electron chi connectivity index (χ0n) is 18.9. The Kier molecular flexibility index (Phi) is 6.78. The van der Waals surface area contributed by atoms with Crippen LogP contribution in [-0.2, 0) is 9.53 Å². The van der Waals surface area contributed by atoms with E-state index in [1.165, 1.54) is 4.90 Å². The summed E-state index contributed by atoms with van der Waals surface area (Å²) in [5, 5.41) is 2.66. The van der Waals surface area contributed by atoms with Crippen LogP contribution in [0.2, 0.25) is 0 Å². The lowest BCUT2D eigenvalue weighted by Gasteiger charge is -2.13. The SMILES string of the molecule is Cc1ccccc1-n1c(C)cc(C(=O)OCC(=O)Nc2ccc(C(=O)N(C)C)cc2)c1C. The highest BCUT2D eigenvalue weighted by atomic mass is 16.5. The molecule has 0 fully saturated rings. The molecule has 0 saturated heterocycles. The van der Waals surface area contributed by atoms with Gasteiger partial charge in [0, 0.05) is 42.4 Å². The molecule has 7 heteroatoms.